The van der Waals surface area contributed by atoms with Crippen LogP contribution in [-0.4, -0.2) is 35.4 Å². The van der Waals surface area contributed by atoms with E-state index in [0.717, 1.165) is 31.6 Å². The Morgan fingerprint density at radius 3 is 2.83 bits per heavy atom. The molecule has 4 nitrogen and oxygen atoms in total. The van der Waals surface area contributed by atoms with Crippen molar-refractivity contribution in [2.75, 3.05) is 12.3 Å². The van der Waals surface area contributed by atoms with Crippen molar-refractivity contribution in [3.63, 3.8) is 0 Å². The van der Waals surface area contributed by atoms with Crippen LogP contribution in [0.4, 0.5) is 0 Å². The lowest BCUT2D eigenvalue weighted by Crippen LogP contribution is -2.36. The Balaban J connectivity index is 1.59. The number of hydrogen-bond acceptors (Lipinski definition) is 3. The van der Waals surface area contributed by atoms with Crippen molar-refractivity contribution in [2.24, 2.45) is 17.3 Å². The van der Waals surface area contributed by atoms with Crippen LogP contribution in [0.2, 0.25) is 0 Å². The summed E-state index contributed by atoms with van der Waals surface area (Å²) in [5.74, 6) is 2.53. The van der Waals surface area contributed by atoms with Gasteiger partial charge in [0.2, 0.25) is 11.8 Å². The smallest absolute Gasteiger partial charge is 0.220 e. The summed E-state index contributed by atoms with van der Waals surface area (Å²) < 4.78 is 0. The number of carbonyl (C=O) groups excluding carboxylic acids is 2. The monoisotopic (exact) mass is 340 g/mol. The molecule has 0 aliphatic carbocycles. The zero-order valence-corrected chi connectivity index (χ0v) is 15.8. The zero-order valence-electron chi connectivity index (χ0n) is 15.0. The molecule has 0 spiro atoms. The molecule has 0 aromatic rings. The van der Waals surface area contributed by atoms with Crippen molar-refractivity contribution in [2.45, 2.75) is 71.1 Å². The SMILES string of the molecule is CC(C)C(C)(C)CNC(=O)CCCCC1SCC2NC(=O)CC21. The maximum atomic E-state index is 12.0. The summed E-state index contributed by atoms with van der Waals surface area (Å²) in [5.41, 5.74) is 0.146. The van der Waals surface area contributed by atoms with E-state index in [1.165, 1.54) is 0 Å². The van der Waals surface area contributed by atoms with Crippen molar-refractivity contribution >= 4 is 23.6 Å². The minimum Gasteiger partial charge on any atom is -0.356 e. The van der Waals surface area contributed by atoms with Crippen molar-refractivity contribution in [1.29, 1.82) is 0 Å². The summed E-state index contributed by atoms with van der Waals surface area (Å²) in [6.07, 6.45) is 4.48. The van der Waals surface area contributed by atoms with Gasteiger partial charge in [0, 0.05) is 42.3 Å². The molecular weight excluding hydrogens is 308 g/mol. The van der Waals surface area contributed by atoms with E-state index < -0.39 is 0 Å². The van der Waals surface area contributed by atoms with Crippen molar-refractivity contribution in [3.05, 3.63) is 0 Å². The quantitative estimate of drug-likeness (QED) is 0.668. The molecule has 2 saturated heterocycles. The molecule has 2 aliphatic rings. The number of amides is 2. The standard InChI is InChI=1S/C18H32N2O2S/c1-12(2)18(3,4)11-19-16(21)8-6-5-7-15-13-9-17(22)20-14(13)10-23-15/h12-15H,5-11H2,1-4H3,(H,19,21)(H,20,22). The molecule has 2 fully saturated rings. The third kappa shape index (κ3) is 5.13. The van der Waals surface area contributed by atoms with Crippen LogP contribution in [0.5, 0.6) is 0 Å². The Labute approximate surface area is 144 Å². The van der Waals surface area contributed by atoms with E-state index in [-0.39, 0.29) is 17.2 Å². The van der Waals surface area contributed by atoms with Gasteiger partial charge in [0.05, 0.1) is 0 Å². The lowest BCUT2D eigenvalue weighted by molar-refractivity contribution is -0.122. The topological polar surface area (TPSA) is 58.2 Å². The second-order valence-electron chi connectivity index (χ2n) is 8.08. The highest BCUT2D eigenvalue weighted by molar-refractivity contribution is 8.00. The first kappa shape index (κ1) is 18.6. The van der Waals surface area contributed by atoms with Crippen LogP contribution in [0.25, 0.3) is 0 Å². The average molecular weight is 341 g/mol. The first-order valence-corrected chi connectivity index (χ1v) is 10.0. The number of nitrogens with one attached hydrogen (secondary N) is 2. The van der Waals surface area contributed by atoms with Gasteiger partial charge in [-0.1, -0.05) is 34.1 Å². The molecule has 2 aliphatic heterocycles. The van der Waals surface area contributed by atoms with E-state index in [0.29, 0.717) is 36.0 Å². The fourth-order valence-electron chi connectivity index (χ4n) is 3.18. The van der Waals surface area contributed by atoms with Crippen LogP contribution in [-0.2, 0) is 9.59 Å². The van der Waals surface area contributed by atoms with E-state index in [9.17, 15) is 9.59 Å². The molecule has 2 heterocycles. The minimum absolute atomic E-state index is 0.146. The van der Waals surface area contributed by atoms with Gasteiger partial charge in [-0.3, -0.25) is 9.59 Å². The first-order valence-electron chi connectivity index (χ1n) is 8.97. The maximum Gasteiger partial charge on any atom is 0.220 e. The normalized spacial score (nSPS) is 27.2. The molecule has 2 N–H and O–H groups in total. The largest absolute Gasteiger partial charge is 0.356 e. The van der Waals surface area contributed by atoms with E-state index in [2.05, 4.69) is 38.3 Å². The third-order valence-electron chi connectivity index (χ3n) is 5.70. The van der Waals surface area contributed by atoms with E-state index in [1.54, 1.807) is 0 Å². The fourth-order valence-corrected chi connectivity index (χ4v) is 4.83. The Bertz CT molecular complexity index is 437. The van der Waals surface area contributed by atoms with Crippen LogP contribution in [0.15, 0.2) is 0 Å². The second kappa shape index (κ2) is 7.91. The fraction of sp³-hybridized carbons (Fsp3) is 0.889. The summed E-state index contributed by atoms with van der Waals surface area (Å²) in [6, 6.07) is 0.402. The summed E-state index contributed by atoms with van der Waals surface area (Å²) in [6.45, 7) is 9.54. The van der Waals surface area contributed by atoms with Crippen LogP contribution in [0.3, 0.4) is 0 Å². The molecule has 0 radical (unpaired) electrons. The number of thioether (sulfide) groups is 1. The summed E-state index contributed by atoms with van der Waals surface area (Å²) in [4.78, 5) is 23.4. The molecule has 132 valence electrons. The molecule has 2 rings (SSSR count). The number of unbranched alkanes of at least 4 members (excludes halogenated alkanes) is 1. The second-order valence-corrected chi connectivity index (χ2v) is 9.35. The Morgan fingerprint density at radius 2 is 2.13 bits per heavy atom. The number of carbonyl (C=O) groups is 2. The average Bonchev–Trinajstić information content (AvgIpc) is 3.01. The van der Waals surface area contributed by atoms with Crippen LogP contribution in [0.1, 0.15) is 59.8 Å². The highest BCUT2D eigenvalue weighted by atomic mass is 32.2. The molecule has 5 heteroatoms. The van der Waals surface area contributed by atoms with Crippen molar-refractivity contribution in [1.82, 2.24) is 10.6 Å². The van der Waals surface area contributed by atoms with Gasteiger partial charge in [-0.2, -0.15) is 11.8 Å². The lowest BCUT2D eigenvalue weighted by Gasteiger charge is -2.29. The highest BCUT2D eigenvalue weighted by Gasteiger charge is 2.42. The van der Waals surface area contributed by atoms with E-state index in [4.69, 9.17) is 0 Å². The predicted molar refractivity (Wildman–Crippen MR) is 96.4 cm³/mol. The van der Waals surface area contributed by atoms with Crippen molar-refractivity contribution < 1.29 is 9.59 Å². The van der Waals surface area contributed by atoms with Crippen molar-refractivity contribution in [3.8, 4) is 0 Å². The number of hydrogen-bond donors (Lipinski definition) is 2. The molecule has 2 amide bonds. The van der Waals surface area contributed by atoms with Crippen LogP contribution in [0, 0.1) is 17.3 Å². The Hall–Kier alpha value is -0.710. The van der Waals surface area contributed by atoms with Gasteiger partial charge in [-0.05, 0) is 24.2 Å². The zero-order chi connectivity index (χ0) is 17.0. The molecule has 3 unspecified atom stereocenters. The Morgan fingerprint density at radius 1 is 1.39 bits per heavy atom. The molecule has 3 atom stereocenters. The van der Waals surface area contributed by atoms with E-state index >= 15 is 0 Å². The predicted octanol–water partition coefficient (Wildman–Crippen LogP) is 2.97. The maximum absolute atomic E-state index is 12.0. The molecule has 0 aromatic carbocycles. The highest BCUT2D eigenvalue weighted by Crippen LogP contribution is 2.40. The van der Waals surface area contributed by atoms with E-state index in [1.807, 2.05) is 11.8 Å². The lowest BCUT2D eigenvalue weighted by atomic mass is 9.81. The van der Waals surface area contributed by atoms with Crippen LogP contribution < -0.4 is 10.6 Å². The number of fused-ring (bicyclic) bond motifs is 1. The van der Waals surface area contributed by atoms with Crippen LogP contribution >= 0.6 is 11.8 Å². The van der Waals surface area contributed by atoms with Gasteiger partial charge in [0.25, 0.3) is 0 Å². The van der Waals surface area contributed by atoms with Gasteiger partial charge in [0.15, 0.2) is 0 Å². The minimum atomic E-state index is 0.146. The molecule has 23 heavy (non-hydrogen) atoms. The molecule has 0 saturated carbocycles. The first-order chi connectivity index (χ1) is 10.8. The summed E-state index contributed by atoms with van der Waals surface area (Å²) in [7, 11) is 0. The van der Waals surface area contributed by atoms with Gasteiger partial charge < -0.3 is 10.6 Å². The molecule has 0 bridgehead atoms. The molecule has 0 aromatic heterocycles. The third-order valence-corrected chi connectivity index (χ3v) is 7.26. The summed E-state index contributed by atoms with van der Waals surface area (Å²) >= 11 is 2.00. The van der Waals surface area contributed by atoms with Gasteiger partial charge in [-0.25, -0.2) is 0 Å². The Kier molecular flexibility index (Phi) is 6.40. The summed E-state index contributed by atoms with van der Waals surface area (Å²) in [5, 5.41) is 6.75. The van der Waals surface area contributed by atoms with Gasteiger partial charge in [-0.15, -0.1) is 0 Å². The van der Waals surface area contributed by atoms with Gasteiger partial charge >= 0.3 is 0 Å². The molecular formula is C18H32N2O2S. The van der Waals surface area contributed by atoms with Gasteiger partial charge in [0.1, 0.15) is 0 Å². The number of rotatable bonds is 8.